The van der Waals surface area contributed by atoms with Gasteiger partial charge in [0.2, 0.25) is 0 Å². The van der Waals surface area contributed by atoms with Crippen LogP contribution < -0.4 is 0 Å². The predicted molar refractivity (Wildman–Crippen MR) is 136 cm³/mol. The maximum absolute atomic E-state index is 2.83. The summed E-state index contributed by atoms with van der Waals surface area (Å²) in [6.07, 6.45) is 21.6. The topological polar surface area (TPSA) is 3.24 Å². The summed E-state index contributed by atoms with van der Waals surface area (Å²) in [6.45, 7) is 14.9. The van der Waals surface area contributed by atoms with E-state index in [2.05, 4.69) is 32.6 Å². The van der Waals surface area contributed by atoms with Gasteiger partial charge in [-0.1, -0.05) is 47.0 Å². The quantitative estimate of drug-likeness (QED) is 0.428. The van der Waals surface area contributed by atoms with Crippen molar-refractivity contribution < 1.29 is 0 Å². The number of likely N-dealkylation sites (tertiary alicyclic amines) is 1. The molecule has 9 unspecified atom stereocenters. The molecule has 0 amide bonds. The smallest absolute Gasteiger partial charge is 0.00381 e. The summed E-state index contributed by atoms with van der Waals surface area (Å²) in [6, 6.07) is 0. The lowest BCUT2D eigenvalue weighted by Crippen LogP contribution is -2.58. The number of hydrogen-bond donors (Lipinski definition) is 0. The fourth-order valence-electron chi connectivity index (χ4n) is 12.2. The summed E-state index contributed by atoms with van der Waals surface area (Å²) in [5, 5.41) is 0. The molecule has 5 aliphatic carbocycles. The molecule has 0 radical (unpaired) electrons. The van der Waals surface area contributed by atoms with E-state index in [9.17, 15) is 0 Å². The lowest BCUT2D eigenvalue weighted by Gasteiger charge is -2.64. The molecule has 182 valence electrons. The molecule has 0 bridgehead atoms. The Morgan fingerprint density at radius 1 is 0.688 bits per heavy atom. The fourth-order valence-corrected chi connectivity index (χ4v) is 12.2. The van der Waals surface area contributed by atoms with E-state index in [4.69, 9.17) is 0 Å². The van der Waals surface area contributed by atoms with E-state index in [0.717, 1.165) is 41.4 Å². The number of rotatable bonds is 3. The Bertz CT molecular complexity index is 691. The van der Waals surface area contributed by atoms with Crippen LogP contribution >= 0.6 is 0 Å². The number of fused-ring (bicyclic) bond motifs is 7. The van der Waals surface area contributed by atoms with Gasteiger partial charge in [-0.05, 0) is 141 Å². The van der Waals surface area contributed by atoms with Gasteiger partial charge in [-0.15, -0.1) is 0 Å². The van der Waals surface area contributed by atoms with Crippen molar-refractivity contribution in [3.05, 3.63) is 0 Å². The van der Waals surface area contributed by atoms with Crippen LogP contribution in [0, 0.1) is 57.7 Å². The number of nitrogens with zero attached hydrogens (tertiary/aromatic N) is 1. The van der Waals surface area contributed by atoms with Crippen LogP contribution in [0.4, 0.5) is 0 Å². The average molecular weight is 440 g/mol. The van der Waals surface area contributed by atoms with E-state index in [-0.39, 0.29) is 0 Å². The summed E-state index contributed by atoms with van der Waals surface area (Å²) in [5.74, 6) is 7.40. The van der Waals surface area contributed by atoms with Gasteiger partial charge in [0.05, 0.1) is 0 Å². The van der Waals surface area contributed by atoms with Crippen LogP contribution in [0.3, 0.4) is 0 Å². The Labute approximate surface area is 199 Å². The van der Waals surface area contributed by atoms with E-state index >= 15 is 0 Å². The van der Waals surface area contributed by atoms with Gasteiger partial charge in [0.15, 0.2) is 0 Å². The molecule has 1 heteroatoms. The van der Waals surface area contributed by atoms with Gasteiger partial charge in [0.1, 0.15) is 0 Å². The van der Waals surface area contributed by atoms with Crippen LogP contribution in [-0.4, -0.2) is 24.5 Å². The maximum Gasteiger partial charge on any atom is 0.00381 e. The van der Waals surface area contributed by atoms with Gasteiger partial charge in [-0.3, -0.25) is 0 Å². The predicted octanol–water partition coefficient (Wildman–Crippen LogP) is 8.18. The summed E-state index contributed by atoms with van der Waals surface area (Å²) in [7, 11) is 0. The molecule has 32 heavy (non-hydrogen) atoms. The van der Waals surface area contributed by atoms with Crippen molar-refractivity contribution in [2.24, 2.45) is 57.7 Å². The van der Waals surface area contributed by atoms with Crippen molar-refractivity contribution in [3.63, 3.8) is 0 Å². The second-order valence-corrected chi connectivity index (χ2v) is 14.8. The standard InChI is InChI=1S/C31H53N/c1-22-9-7-16-30(4)26(22)13-11-24-23-15-18-31(29(2,3)21-32-19-5-6-20-32)17-8-10-28(31)25(23)12-14-27(24)30/h22-28H,5-21H2,1-4H3. The Hall–Kier alpha value is -0.0400. The molecule has 0 N–H and O–H groups in total. The highest BCUT2D eigenvalue weighted by Gasteiger charge is 2.62. The van der Waals surface area contributed by atoms with Gasteiger partial charge in [-0.25, -0.2) is 0 Å². The first-order valence-corrected chi connectivity index (χ1v) is 15.1. The first kappa shape index (κ1) is 22.4. The molecule has 0 aromatic carbocycles. The van der Waals surface area contributed by atoms with Gasteiger partial charge in [0, 0.05) is 6.54 Å². The molecule has 0 aromatic heterocycles. The van der Waals surface area contributed by atoms with E-state index in [0.29, 0.717) is 16.2 Å². The minimum absolute atomic E-state index is 0.503. The highest BCUT2D eigenvalue weighted by Crippen LogP contribution is 2.70. The molecule has 9 atom stereocenters. The molecule has 1 aliphatic heterocycles. The van der Waals surface area contributed by atoms with E-state index in [1.54, 1.807) is 57.8 Å². The zero-order valence-electron chi connectivity index (χ0n) is 22.0. The summed E-state index contributed by atoms with van der Waals surface area (Å²) in [4.78, 5) is 2.83. The first-order chi connectivity index (χ1) is 15.4. The van der Waals surface area contributed by atoms with Crippen molar-refractivity contribution in [1.29, 1.82) is 0 Å². The van der Waals surface area contributed by atoms with Gasteiger partial charge in [0.25, 0.3) is 0 Å². The molecule has 6 fully saturated rings. The summed E-state index contributed by atoms with van der Waals surface area (Å²) in [5.41, 5.74) is 1.84. The van der Waals surface area contributed by atoms with E-state index < -0.39 is 0 Å². The summed E-state index contributed by atoms with van der Waals surface area (Å²) >= 11 is 0. The second-order valence-electron chi connectivity index (χ2n) is 14.8. The van der Waals surface area contributed by atoms with Gasteiger partial charge in [-0.2, -0.15) is 0 Å². The molecule has 1 nitrogen and oxygen atoms in total. The monoisotopic (exact) mass is 439 g/mol. The van der Waals surface area contributed by atoms with Crippen LogP contribution in [0.15, 0.2) is 0 Å². The maximum atomic E-state index is 2.83. The SMILES string of the molecule is CC1CCCC2(C)C1CCC1C3CCC4(C(C)(C)CN5CCCC5)CCCC4C3CCC12. The third kappa shape index (κ3) is 3.18. The molecular weight excluding hydrogens is 386 g/mol. The fraction of sp³-hybridized carbons (Fsp3) is 1.00. The van der Waals surface area contributed by atoms with Gasteiger partial charge >= 0.3 is 0 Å². The average Bonchev–Trinajstić information content (AvgIpc) is 3.43. The molecule has 6 rings (SSSR count). The van der Waals surface area contributed by atoms with Crippen LogP contribution in [0.1, 0.15) is 118 Å². The first-order valence-electron chi connectivity index (χ1n) is 15.1. The number of hydrogen-bond acceptors (Lipinski definition) is 1. The minimum Gasteiger partial charge on any atom is -0.303 e. The van der Waals surface area contributed by atoms with Crippen molar-refractivity contribution in [2.45, 2.75) is 118 Å². The van der Waals surface area contributed by atoms with Crippen molar-refractivity contribution in [3.8, 4) is 0 Å². The normalized spacial score (nSPS) is 51.6. The van der Waals surface area contributed by atoms with E-state index in [1.165, 1.54) is 51.7 Å². The Morgan fingerprint density at radius 3 is 2.16 bits per heavy atom. The minimum atomic E-state index is 0.503. The second kappa shape index (κ2) is 7.99. The zero-order valence-corrected chi connectivity index (χ0v) is 22.0. The van der Waals surface area contributed by atoms with Crippen molar-refractivity contribution in [1.82, 2.24) is 4.90 Å². The Kier molecular flexibility index (Phi) is 5.60. The van der Waals surface area contributed by atoms with Crippen LogP contribution in [0.25, 0.3) is 0 Å². The third-order valence-electron chi connectivity index (χ3n) is 13.4. The molecule has 0 spiro atoms. The molecular formula is C31H53N. The third-order valence-corrected chi connectivity index (χ3v) is 13.4. The van der Waals surface area contributed by atoms with Crippen LogP contribution in [0.2, 0.25) is 0 Å². The van der Waals surface area contributed by atoms with E-state index in [1.807, 2.05) is 0 Å². The highest BCUT2D eigenvalue weighted by atomic mass is 15.1. The Morgan fingerprint density at radius 2 is 1.38 bits per heavy atom. The van der Waals surface area contributed by atoms with Crippen molar-refractivity contribution >= 4 is 0 Å². The summed E-state index contributed by atoms with van der Waals surface area (Å²) < 4.78 is 0. The molecule has 0 aromatic rings. The lowest BCUT2D eigenvalue weighted by atomic mass is 9.41. The lowest BCUT2D eigenvalue weighted by molar-refractivity contribution is -0.154. The Balaban J connectivity index is 1.24. The highest BCUT2D eigenvalue weighted by molar-refractivity contribution is 5.12. The molecule has 5 saturated carbocycles. The zero-order chi connectivity index (χ0) is 22.1. The molecule has 1 saturated heterocycles. The van der Waals surface area contributed by atoms with Crippen molar-refractivity contribution in [2.75, 3.05) is 19.6 Å². The van der Waals surface area contributed by atoms with Crippen LogP contribution in [-0.2, 0) is 0 Å². The molecule has 1 heterocycles. The van der Waals surface area contributed by atoms with Crippen LogP contribution in [0.5, 0.6) is 0 Å². The van der Waals surface area contributed by atoms with Gasteiger partial charge < -0.3 is 4.90 Å². The molecule has 6 aliphatic rings. The largest absolute Gasteiger partial charge is 0.303 e.